The molecule has 3 heteroatoms. The molecule has 0 aromatic heterocycles. The normalized spacial score (nSPS) is 36.0. The molecule has 2 fully saturated rings. The van der Waals surface area contributed by atoms with Crippen molar-refractivity contribution in [3.8, 4) is 0 Å². The molecule has 18 heavy (non-hydrogen) atoms. The molecular formula is C15H30O2Si. The number of hydrogen-bond acceptors (Lipinski definition) is 2. The average Bonchev–Trinajstić information content (AvgIpc) is 2.24. The van der Waals surface area contributed by atoms with E-state index in [0.29, 0.717) is 0 Å². The zero-order valence-corrected chi connectivity index (χ0v) is 13.6. The minimum absolute atomic E-state index is 0.773. The molecule has 0 radical (unpaired) electrons. The molecule has 2 rings (SSSR count). The van der Waals surface area contributed by atoms with E-state index < -0.39 is 8.56 Å². The summed E-state index contributed by atoms with van der Waals surface area (Å²) in [5, 5.41) is 0. The summed E-state index contributed by atoms with van der Waals surface area (Å²) in [6.45, 7) is 10.6. The predicted octanol–water partition coefficient (Wildman–Crippen LogP) is 4.49. The SMILES string of the molecule is CCO[Si](OCC)(C1CC(C)C1)C1CC(CC)C1. The summed E-state index contributed by atoms with van der Waals surface area (Å²) in [5.74, 6) is 1.84. The van der Waals surface area contributed by atoms with Gasteiger partial charge < -0.3 is 8.85 Å². The third-order valence-corrected chi connectivity index (χ3v) is 9.76. The van der Waals surface area contributed by atoms with E-state index >= 15 is 0 Å². The Morgan fingerprint density at radius 2 is 1.39 bits per heavy atom. The minimum atomic E-state index is -1.93. The third kappa shape index (κ3) is 2.54. The van der Waals surface area contributed by atoms with Crippen LogP contribution >= 0.6 is 0 Å². The maximum atomic E-state index is 6.34. The smallest absolute Gasteiger partial charge is 0.344 e. The maximum Gasteiger partial charge on any atom is 0.344 e. The molecule has 0 heterocycles. The van der Waals surface area contributed by atoms with Gasteiger partial charge in [-0.05, 0) is 51.4 Å². The molecule has 0 aromatic carbocycles. The quantitative estimate of drug-likeness (QED) is 0.635. The molecule has 2 aliphatic carbocycles. The van der Waals surface area contributed by atoms with Gasteiger partial charge in [-0.2, -0.15) is 0 Å². The monoisotopic (exact) mass is 270 g/mol. The first-order valence-corrected chi connectivity index (χ1v) is 9.91. The molecule has 2 nitrogen and oxygen atoms in total. The molecule has 0 aromatic rings. The molecule has 106 valence electrons. The second kappa shape index (κ2) is 6.06. The Labute approximate surface area is 114 Å². The third-order valence-electron chi connectivity index (χ3n) is 5.06. The van der Waals surface area contributed by atoms with Crippen molar-refractivity contribution >= 4 is 8.56 Å². The zero-order valence-electron chi connectivity index (χ0n) is 12.6. The summed E-state index contributed by atoms with van der Waals surface area (Å²) < 4.78 is 12.7. The fraction of sp³-hybridized carbons (Fsp3) is 1.00. The van der Waals surface area contributed by atoms with Gasteiger partial charge in [-0.25, -0.2) is 0 Å². The fourth-order valence-electron chi connectivity index (χ4n) is 3.93. The van der Waals surface area contributed by atoms with Crippen molar-refractivity contribution in [3.63, 3.8) is 0 Å². The highest BCUT2D eigenvalue weighted by atomic mass is 28.4. The molecule has 2 saturated carbocycles. The van der Waals surface area contributed by atoms with Gasteiger partial charge in [0, 0.05) is 24.3 Å². The number of hydrogen-bond donors (Lipinski definition) is 0. The van der Waals surface area contributed by atoms with Crippen molar-refractivity contribution in [1.82, 2.24) is 0 Å². The lowest BCUT2D eigenvalue weighted by atomic mass is 9.82. The second-order valence-corrected chi connectivity index (χ2v) is 9.96. The topological polar surface area (TPSA) is 18.5 Å². The largest absolute Gasteiger partial charge is 0.394 e. The molecule has 0 N–H and O–H groups in total. The molecule has 0 atom stereocenters. The fourth-order valence-corrected chi connectivity index (χ4v) is 9.31. The van der Waals surface area contributed by atoms with Crippen LogP contribution in [0.1, 0.15) is 59.8 Å². The summed E-state index contributed by atoms with van der Waals surface area (Å²) in [5.41, 5.74) is 1.55. The van der Waals surface area contributed by atoms with Gasteiger partial charge in [0.1, 0.15) is 0 Å². The van der Waals surface area contributed by atoms with Crippen molar-refractivity contribution in [1.29, 1.82) is 0 Å². The van der Waals surface area contributed by atoms with E-state index in [9.17, 15) is 0 Å². The van der Waals surface area contributed by atoms with Gasteiger partial charge in [-0.3, -0.25) is 0 Å². The summed E-state index contributed by atoms with van der Waals surface area (Å²) >= 11 is 0. The molecule has 2 aliphatic rings. The first kappa shape index (κ1) is 14.5. The van der Waals surface area contributed by atoms with Crippen LogP contribution < -0.4 is 0 Å². The van der Waals surface area contributed by atoms with Gasteiger partial charge in [-0.15, -0.1) is 0 Å². The first-order chi connectivity index (χ1) is 8.66. The van der Waals surface area contributed by atoms with Gasteiger partial charge in [0.2, 0.25) is 0 Å². The van der Waals surface area contributed by atoms with Gasteiger partial charge in [0.25, 0.3) is 0 Å². The standard InChI is InChI=1S/C15H30O2Si/c1-5-13-10-15(11-13)18(16-6-2,17-7-3)14-8-12(4)9-14/h12-15H,5-11H2,1-4H3. The van der Waals surface area contributed by atoms with E-state index in [-0.39, 0.29) is 0 Å². The summed E-state index contributed by atoms with van der Waals surface area (Å²) in [6.07, 6.45) is 6.76. The summed E-state index contributed by atoms with van der Waals surface area (Å²) in [4.78, 5) is 0. The highest BCUT2D eigenvalue weighted by molar-refractivity contribution is 6.71. The van der Waals surface area contributed by atoms with Crippen molar-refractivity contribution in [2.24, 2.45) is 11.8 Å². The number of rotatable bonds is 7. The highest BCUT2D eigenvalue weighted by Crippen LogP contribution is 2.57. The molecular weight excluding hydrogens is 240 g/mol. The van der Waals surface area contributed by atoms with Gasteiger partial charge in [-0.1, -0.05) is 20.3 Å². The van der Waals surface area contributed by atoms with E-state index in [2.05, 4.69) is 27.7 Å². The van der Waals surface area contributed by atoms with Crippen LogP contribution in [0.2, 0.25) is 11.1 Å². The molecule has 0 spiro atoms. The van der Waals surface area contributed by atoms with Crippen molar-refractivity contribution < 1.29 is 8.85 Å². The van der Waals surface area contributed by atoms with E-state index in [1.807, 2.05) is 0 Å². The lowest BCUT2D eigenvalue weighted by Gasteiger charge is -2.53. The molecule has 0 saturated heterocycles. The second-order valence-electron chi connectivity index (χ2n) is 6.30. The highest BCUT2D eigenvalue weighted by Gasteiger charge is 2.58. The Bertz CT molecular complexity index is 251. The maximum absolute atomic E-state index is 6.34. The van der Waals surface area contributed by atoms with Gasteiger partial charge in [0.15, 0.2) is 0 Å². The van der Waals surface area contributed by atoms with E-state index in [1.54, 1.807) is 0 Å². The minimum Gasteiger partial charge on any atom is -0.394 e. The van der Waals surface area contributed by atoms with Crippen LogP contribution in [0.4, 0.5) is 0 Å². The predicted molar refractivity (Wildman–Crippen MR) is 77.9 cm³/mol. The van der Waals surface area contributed by atoms with Crippen LogP contribution in [0.25, 0.3) is 0 Å². The summed E-state index contributed by atoms with van der Waals surface area (Å²) in [7, 11) is -1.93. The van der Waals surface area contributed by atoms with Gasteiger partial charge in [0.05, 0.1) is 0 Å². The van der Waals surface area contributed by atoms with Crippen molar-refractivity contribution in [2.75, 3.05) is 13.2 Å². The van der Waals surface area contributed by atoms with Crippen LogP contribution in [0.15, 0.2) is 0 Å². The van der Waals surface area contributed by atoms with Crippen LogP contribution in [0.5, 0.6) is 0 Å². The zero-order chi connectivity index (χ0) is 13.2. The summed E-state index contributed by atoms with van der Waals surface area (Å²) in [6, 6.07) is 0. The molecule has 0 bridgehead atoms. The molecule has 0 amide bonds. The average molecular weight is 270 g/mol. The van der Waals surface area contributed by atoms with Gasteiger partial charge >= 0.3 is 8.56 Å². The van der Waals surface area contributed by atoms with Crippen molar-refractivity contribution in [2.45, 2.75) is 70.9 Å². The Morgan fingerprint density at radius 3 is 1.78 bits per heavy atom. The van der Waals surface area contributed by atoms with Crippen LogP contribution in [-0.2, 0) is 8.85 Å². The van der Waals surface area contributed by atoms with Crippen LogP contribution in [-0.4, -0.2) is 21.8 Å². The Balaban J connectivity index is 2.05. The first-order valence-electron chi connectivity index (χ1n) is 7.94. The Kier molecular flexibility index (Phi) is 4.90. The van der Waals surface area contributed by atoms with E-state index in [4.69, 9.17) is 8.85 Å². The van der Waals surface area contributed by atoms with Crippen LogP contribution in [0, 0.1) is 11.8 Å². The van der Waals surface area contributed by atoms with E-state index in [1.165, 1.54) is 32.1 Å². The Hall–Kier alpha value is 0.137. The Morgan fingerprint density at radius 1 is 0.889 bits per heavy atom. The lowest BCUT2D eigenvalue weighted by Crippen LogP contribution is -2.57. The van der Waals surface area contributed by atoms with Crippen LogP contribution in [0.3, 0.4) is 0 Å². The van der Waals surface area contributed by atoms with E-state index in [0.717, 1.165) is 36.1 Å². The molecule has 0 unspecified atom stereocenters. The molecule has 0 aliphatic heterocycles. The lowest BCUT2D eigenvalue weighted by molar-refractivity contribution is 0.108. The van der Waals surface area contributed by atoms with Crippen molar-refractivity contribution in [3.05, 3.63) is 0 Å².